The second-order valence-electron chi connectivity index (χ2n) is 6.72. The molecule has 5 nitrogen and oxygen atoms in total. The van der Waals surface area contributed by atoms with Gasteiger partial charge in [0.1, 0.15) is 4.88 Å². The number of imide groups is 1. The Morgan fingerprint density at radius 3 is 2.58 bits per heavy atom. The molecule has 4 rings (SSSR count). The van der Waals surface area contributed by atoms with Gasteiger partial charge < -0.3 is 4.74 Å². The van der Waals surface area contributed by atoms with Crippen LogP contribution in [-0.2, 0) is 17.6 Å². The van der Waals surface area contributed by atoms with Crippen LogP contribution < -0.4 is 0 Å². The van der Waals surface area contributed by atoms with Crippen molar-refractivity contribution in [3.8, 4) is 0 Å². The van der Waals surface area contributed by atoms with Gasteiger partial charge in [-0.2, -0.15) is 0 Å². The monoisotopic (exact) mass is 369 g/mol. The molecule has 2 amide bonds. The molecule has 1 aromatic carbocycles. The van der Waals surface area contributed by atoms with Gasteiger partial charge in [0.2, 0.25) is 0 Å². The van der Waals surface area contributed by atoms with Crippen molar-refractivity contribution in [1.82, 2.24) is 4.90 Å². The Bertz CT molecular complexity index is 866. The van der Waals surface area contributed by atoms with Gasteiger partial charge in [-0.1, -0.05) is 25.5 Å². The highest BCUT2D eigenvalue weighted by atomic mass is 32.1. The molecule has 2 aliphatic rings. The predicted molar refractivity (Wildman–Crippen MR) is 97.3 cm³/mol. The summed E-state index contributed by atoms with van der Waals surface area (Å²) in [6.45, 7) is 1.84. The number of carbonyl (C=O) groups is 3. The number of fused-ring (bicyclic) bond motifs is 2. The number of amides is 2. The Labute approximate surface area is 155 Å². The van der Waals surface area contributed by atoms with Gasteiger partial charge in [0, 0.05) is 4.88 Å². The first-order chi connectivity index (χ1) is 12.6. The van der Waals surface area contributed by atoms with Crippen molar-refractivity contribution in [2.45, 2.75) is 32.6 Å². The van der Waals surface area contributed by atoms with Crippen LogP contribution in [0.15, 0.2) is 30.3 Å². The first-order valence-corrected chi connectivity index (χ1v) is 9.64. The molecule has 26 heavy (non-hydrogen) atoms. The number of hydrogen-bond acceptors (Lipinski definition) is 5. The summed E-state index contributed by atoms with van der Waals surface area (Å²) in [6, 6.07) is 8.54. The van der Waals surface area contributed by atoms with Crippen LogP contribution in [0.25, 0.3) is 0 Å². The lowest BCUT2D eigenvalue weighted by Crippen LogP contribution is -2.33. The van der Waals surface area contributed by atoms with E-state index in [1.54, 1.807) is 24.3 Å². The maximum Gasteiger partial charge on any atom is 0.350 e. The fourth-order valence-electron chi connectivity index (χ4n) is 3.60. The van der Waals surface area contributed by atoms with Gasteiger partial charge in [0.15, 0.2) is 6.73 Å². The van der Waals surface area contributed by atoms with Crippen molar-refractivity contribution in [3.63, 3.8) is 0 Å². The average Bonchev–Trinajstić information content (AvgIpc) is 3.20. The number of carbonyl (C=O) groups excluding carboxylic acids is 3. The third-order valence-electron chi connectivity index (χ3n) is 5.17. The number of nitrogens with zero attached hydrogens (tertiary/aromatic N) is 1. The summed E-state index contributed by atoms with van der Waals surface area (Å²) < 4.78 is 5.27. The molecule has 1 aliphatic heterocycles. The van der Waals surface area contributed by atoms with Crippen molar-refractivity contribution in [3.05, 3.63) is 56.8 Å². The molecule has 1 aromatic heterocycles. The van der Waals surface area contributed by atoms with Crippen LogP contribution in [0, 0.1) is 5.92 Å². The fraction of sp³-hybridized carbons (Fsp3) is 0.350. The van der Waals surface area contributed by atoms with Gasteiger partial charge in [0.05, 0.1) is 11.1 Å². The predicted octanol–water partition coefficient (Wildman–Crippen LogP) is 3.67. The fourth-order valence-corrected chi connectivity index (χ4v) is 4.70. The molecule has 1 atom stereocenters. The van der Waals surface area contributed by atoms with Crippen LogP contribution in [0.1, 0.15) is 60.6 Å². The van der Waals surface area contributed by atoms with Gasteiger partial charge in [0.25, 0.3) is 11.8 Å². The zero-order valence-corrected chi connectivity index (χ0v) is 15.3. The minimum atomic E-state index is -0.478. The van der Waals surface area contributed by atoms with Crippen molar-refractivity contribution in [2.75, 3.05) is 6.73 Å². The molecule has 134 valence electrons. The van der Waals surface area contributed by atoms with E-state index in [2.05, 4.69) is 6.92 Å². The standard InChI is InChI=1S/C20H19NO4S/c1-2-12-7-8-16-13(9-12)10-17(26-16)20(24)25-11-21-18(22)14-5-3-4-6-15(14)19(21)23/h3-6,10,12H,2,7-9,11H2,1H3/t12-/m0/s1. The molecule has 6 heteroatoms. The second kappa shape index (κ2) is 6.68. The van der Waals surface area contributed by atoms with E-state index < -0.39 is 17.8 Å². The molecule has 0 unspecified atom stereocenters. The summed E-state index contributed by atoms with van der Waals surface area (Å²) in [5.41, 5.74) is 1.94. The smallest absolute Gasteiger partial charge is 0.350 e. The van der Waals surface area contributed by atoms with Crippen LogP contribution in [0.3, 0.4) is 0 Å². The number of benzene rings is 1. The van der Waals surface area contributed by atoms with Gasteiger partial charge in [-0.05, 0) is 48.9 Å². The van der Waals surface area contributed by atoms with E-state index in [1.807, 2.05) is 6.07 Å². The Balaban J connectivity index is 1.43. The van der Waals surface area contributed by atoms with Gasteiger partial charge >= 0.3 is 5.97 Å². The molecule has 2 heterocycles. The molecular formula is C20H19NO4S. The number of ether oxygens (including phenoxy) is 1. The third kappa shape index (κ3) is 2.84. The summed E-state index contributed by atoms with van der Waals surface area (Å²) in [6.07, 6.45) is 4.32. The molecule has 0 bridgehead atoms. The summed E-state index contributed by atoms with van der Waals surface area (Å²) in [7, 11) is 0. The van der Waals surface area contributed by atoms with Crippen LogP contribution in [0.5, 0.6) is 0 Å². The molecule has 0 saturated heterocycles. The lowest BCUT2D eigenvalue weighted by atomic mass is 9.87. The molecule has 0 spiro atoms. The van der Waals surface area contributed by atoms with Crippen molar-refractivity contribution in [1.29, 1.82) is 0 Å². The van der Waals surface area contributed by atoms with Gasteiger partial charge in [-0.3, -0.25) is 9.59 Å². The highest BCUT2D eigenvalue weighted by Crippen LogP contribution is 2.34. The highest BCUT2D eigenvalue weighted by Gasteiger charge is 2.36. The number of hydrogen-bond donors (Lipinski definition) is 0. The Kier molecular flexibility index (Phi) is 4.36. The number of aryl methyl sites for hydroxylation is 1. The minimum absolute atomic E-state index is 0.353. The van der Waals surface area contributed by atoms with E-state index in [0.29, 0.717) is 21.9 Å². The van der Waals surface area contributed by atoms with Gasteiger partial charge in [-0.15, -0.1) is 11.3 Å². The average molecular weight is 369 g/mol. The lowest BCUT2D eigenvalue weighted by molar-refractivity contribution is 0.0232. The first kappa shape index (κ1) is 17.0. The second-order valence-corrected chi connectivity index (χ2v) is 7.86. The molecule has 2 aromatic rings. The quantitative estimate of drug-likeness (QED) is 0.609. The normalized spacial score (nSPS) is 18.7. The summed E-state index contributed by atoms with van der Waals surface area (Å²) in [5, 5.41) is 0. The van der Waals surface area contributed by atoms with Crippen LogP contribution in [0.2, 0.25) is 0 Å². The van der Waals surface area contributed by atoms with Crippen molar-refractivity contribution in [2.24, 2.45) is 5.92 Å². The van der Waals surface area contributed by atoms with E-state index >= 15 is 0 Å². The third-order valence-corrected chi connectivity index (χ3v) is 6.38. The number of esters is 1. The Hall–Kier alpha value is -2.47. The lowest BCUT2D eigenvalue weighted by Gasteiger charge is -2.19. The molecule has 1 aliphatic carbocycles. The maximum absolute atomic E-state index is 12.4. The van der Waals surface area contributed by atoms with E-state index in [4.69, 9.17) is 4.74 Å². The number of rotatable bonds is 4. The zero-order chi connectivity index (χ0) is 18.3. The molecule has 0 N–H and O–H groups in total. The van der Waals surface area contributed by atoms with Crippen LogP contribution in [-0.4, -0.2) is 29.4 Å². The molecule has 0 saturated carbocycles. The van der Waals surface area contributed by atoms with Crippen molar-refractivity contribution >= 4 is 29.1 Å². The van der Waals surface area contributed by atoms with Gasteiger partial charge in [-0.25, -0.2) is 9.69 Å². The van der Waals surface area contributed by atoms with Crippen molar-refractivity contribution < 1.29 is 19.1 Å². The Morgan fingerprint density at radius 1 is 1.23 bits per heavy atom. The summed E-state index contributed by atoms with van der Waals surface area (Å²) >= 11 is 1.46. The maximum atomic E-state index is 12.4. The molecule has 0 radical (unpaired) electrons. The summed E-state index contributed by atoms with van der Waals surface area (Å²) in [5.74, 6) is -0.641. The topological polar surface area (TPSA) is 63.7 Å². The van der Waals surface area contributed by atoms with E-state index in [-0.39, 0.29) is 6.73 Å². The SMILES string of the molecule is CC[C@H]1CCc2sc(C(=O)OCN3C(=O)c4ccccc4C3=O)cc2C1. The van der Waals surface area contributed by atoms with E-state index in [1.165, 1.54) is 21.8 Å². The Morgan fingerprint density at radius 2 is 1.92 bits per heavy atom. The first-order valence-electron chi connectivity index (χ1n) is 8.82. The number of thiophene rings is 1. The van der Waals surface area contributed by atoms with Crippen LogP contribution >= 0.6 is 11.3 Å². The largest absolute Gasteiger partial charge is 0.439 e. The van der Waals surface area contributed by atoms with E-state index in [0.717, 1.165) is 30.6 Å². The highest BCUT2D eigenvalue weighted by molar-refractivity contribution is 7.14. The van der Waals surface area contributed by atoms with E-state index in [9.17, 15) is 14.4 Å². The zero-order valence-electron chi connectivity index (χ0n) is 14.5. The molecule has 0 fully saturated rings. The summed E-state index contributed by atoms with van der Waals surface area (Å²) in [4.78, 5) is 39.8. The molecular weight excluding hydrogens is 350 g/mol. The van der Waals surface area contributed by atoms with Crippen LogP contribution in [0.4, 0.5) is 0 Å². The minimum Gasteiger partial charge on any atom is -0.439 e.